The van der Waals surface area contributed by atoms with Crippen LogP contribution in [0.15, 0.2) is 54.7 Å². The van der Waals surface area contributed by atoms with E-state index in [0.29, 0.717) is 11.1 Å². The van der Waals surface area contributed by atoms with Gasteiger partial charge in [0.05, 0.1) is 6.04 Å². The fourth-order valence-corrected chi connectivity index (χ4v) is 4.53. The van der Waals surface area contributed by atoms with Crippen molar-refractivity contribution in [1.29, 1.82) is 0 Å². The van der Waals surface area contributed by atoms with Crippen LogP contribution in [0.3, 0.4) is 0 Å². The highest BCUT2D eigenvalue weighted by Crippen LogP contribution is 2.19. The minimum atomic E-state index is -1.43. The van der Waals surface area contributed by atoms with Crippen molar-refractivity contribution < 1.29 is 34.2 Å². The van der Waals surface area contributed by atoms with Crippen molar-refractivity contribution in [2.75, 3.05) is 5.75 Å². The summed E-state index contributed by atoms with van der Waals surface area (Å²) in [7, 11) is 0. The Morgan fingerprint density at radius 1 is 0.857 bits per heavy atom. The van der Waals surface area contributed by atoms with Gasteiger partial charge in [-0.05, 0) is 42.2 Å². The molecule has 1 heterocycles. The number of amides is 4. The molecule has 2 aromatic carbocycles. The Kier molecular flexibility index (Phi) is 11.3. The van der Waals surface area contributed by atoms with Gasteiger partial charge in [-0.1, -0.05) is 30.3 Å². The third kappa shape index (κ3) is 8.97. The van der Waals surface area contributed by atoms with Gasteiger partial charge in [-0.2, -0.15) is 12.6 Å². The summed E-state index contributed by atoms with van der Waals surface area (Å²) in [6, 6.07) is 8.61. The minimum Gasteiger partial charge on any atom is -0.508 e. The van der Waals surface area contributed by atoms with Crippen molar-refractivity contribution in [2.45, 2.75) is 49.9 Å². The van der Waals surface area contributed by atoms with Gasteiger partial charge in [-0.25, -0.2) is 4.79 Å². The van der Waals surface area contributed by atoms with Crippen LogP contribution >= 0.6 is 12.6 Å². The van der Waals surface area contributed by atoms with Crippen LogP contribution in [-0.4, -0.2) is 74.7 Å². The Bertz CT molecular complexity index is 1430. The number of carbonyl (C=O) groups excluding carboxylic acids is 4. The standard InChI is InChI=1S/C28H34N6O7S/c29-19(11-15-5-7-17(35)8-6-15)25(37)34-23(14-42)27(39)33-22(12-16-13-31-20-4-2-1-3-18(16)20)26(38)32-21(28(40)41)9-10-24(30)36/h1-8,13,19,21-23,31,35,42H,9-12,14,29H2,(H2,30,36)(H,32,38)(H,33,39)(H,34,37)(H,40,41). The van der Waals surface area contributed by atoms with E-state index >= 15 is 0 Å². The van der Waals surface area contributed by atoms with Gasteiger partial charge in [0, 0.05) is 35.7 Å². The van der Waals surface area contributed by atoms with Crippen molar-refractivity contribution in [2.24, 2.45) is 11.5 Å². The maximum absolute atomic E-state index is 13.3. The summed E-state index contributed by atoms with van der Waals surface area (Å²) < 4.78 is 0. The summed E-state index contributed by atoms with van der Waals surface area (Å²) in [5.41, 5.74) is 13.3. The zero-order chi connectivity index (χ0) is 30.8. The molecule has 0 fully saturated rings. The second-order valence-electron chi connectivity index (χ2n) is 9.75. The lowest BCUT2D eigenvalue weighted by Crippen LogP contribution is -2.58. The molecular weight excluding hydrogens is 564 g/mol. The summed E-state index contributed by atoms with van der Waals surface area (Å²) >= 11 is 4.18. The van der Waals surface area contributed by atoms with Crippen LogP contribution in [0.1, 0.15) is 24.0 Å². The lowest BCUT2D eigenvalue weighted by Gasteiger charge is -2.24. The average Bonchev–Trinajstić information content (AvgIpc) is 3.36. The number of para-hydroxylation sites is 1. The van der Waals surface area contributed by atoms with Gasteiger partial charge in [-0.15, -0.1) is 0 Å². The molecule has 0 aliphatic rings. The number of hydrogen-bond donors (Lipinski definition) is 9. The summed E-state index contributed by atoms with van der Waals surface area (Å²) in [5.74, 6) is -4.33. The number of aliphatic carboxylic acids is 1. The molecule has 224 valence electrons. The van der Waals surface area contributed by atoms with Crippen molar-refractivity contribution >= 4 is 53.1 Å². The number of nitrogens with two attached hydrogens (primary N) is 2. The number of rotatable bonds is 15. The second kappa shape index (κ2) is 14.9. The van der Waals surface area contributed by atoms with E-state index in [4.69, 9.17) is 11.5 Å². The van der Waals surface area contributed by atoms with E-state index in [-0.39, 0.29) is 37.2 Å². The van der Waals surface area contributed by atoms with Crippen LogP contribution in [0.5, 0.6) is 5.75 Å². The molecule has 13 nitrogen and oxygen atoms in total. The van der Waals surface area contributed by atoms with E-state index in [0.717, 1.165) is 10.9 Å². The fourth-order valence-electron chi connectivity index (χ4n) is 4.27. The predicted molar refractivity (Wildman–Crippen MR) is 157 cm³/mol. The Morgan fingerprint density at radius 2 is 1.48 bits per heavy atom. The average molecular weight is 599 g/mol. The number of carbonyl (C=O) groups is 5. The molecule has 3 aromatic rings. The number of carboxylic acids is 1. The van der Waals surface area contributed by atoms with Gasteiger partial charge in [0.25, 0.3) is 0 Å². The highest BCUT2D eigenvalue weighted by molar-refractivity contribution is 7.80. The topological polar surface area (TPSA) is 230 Å². The first-order valence-electron chi connectivity index (χ1n) is 13.1. The van der Waals surface area contributed by atoms with Crippen LogP contribution < -0.4 is 27.4 Å². The number of aromatic hydroxyl groups is 1. The Hall–Kier alpha value is -4.56. The molecule has 0 aliphatic heterocycles. The Balaban J connectivity index is 1.76. The van der Waals surface area contributed by atoms with Gasteiger partial charge in [-0.3, -0.25) is 19.2 Å². The monoisotopic (exact) mass is 598 g/mol. The predicted octanol–water partition coefficient (Wildman–Crippen LogP) is -0.280. The highest BCUT2D eigenvalue weighted by atomic mass is 32.1. The van der Waals surface area contributed by atoms with E-state index in [1.165, 1.54) is 12.1 Å². The molecule has 4 amide bonds. The smallest absolute Gasteiger partial charge is 0.326 e. The first-order chi connectivity index (χ1) is 20.0. The number of carboxylic acid groups (broad SMARTS) is 1. The van der Waals surface area contributed by atoms with Crippen LogP contribution in [-0.2, 0) is 36.8 Å². The number of primary amides is 1. The zero-order valence-electron chi connectivity index (χ0n) is 22.6. The first kappa shape index (κ1) is 32.0. The van der Waals surface area contributed by atoms with Gasteiger partial charge < -0.3 is 42.6 Å². The largest absolute Gasteiger partial charge is 0.508 e. The normalized spacial score (nSPS) is 13.9. The summed E-state index contributed by atoms with van der Waals surface area (Å²) in [4.78, 5) is 65.3. The molecule has 42 heavy (non-hydrogen) atoms. The lowest BCUT2D eigenvalue weighted by molar-refractivity contribution is -0.142. The van der Waals surface area contributed by atoms with E-state index < -0.39 is 53.8 Å². The zero-order valence-corrected chi connectivity index (χ0v) is 23.5. The van der Waals surface area contributed by atoms with Gasteiger partial charge in [0.1, 0.15) is 23.9 Å². The number of aromatic amines is 1. The van der Waals surface area contributed by atoms with Crippen molar-refractivity contribution in [3.63, 3.8) is 0 Å². The van der Waals surface area contributed by atoms with Crippen LogP contribution in [0.4, 0.5) is 0 Å². The molecule has 0 spiro atoms. The number of aromatic nitrogens is 1. The van der Waals surface area contributed by atoms with E-state index in [9.17, 15) is 34.2 Å². The molecule has 4 atom stereocenters. The van der Waals surface area contributed by atoms with E-state index in [2.05, 4.69) is 33.6 Å². The van der Waals surface area contributed by atoms with Crippen LogP contribution in [0.25, 0.3) is 10.9 Å². The number of phenols is 1. The molecule has 0 radical (unpaired) electrons. The van der Waals surface area contributed by atoms with Crippen LogP contribution in [0.2, 0.25) is 0 Å². The number of thiol groups is 1. The fraction of sp³-hybridized carbons (Fsp3) is 0.321. The number of H-pyrrole nitrogens is 1. The molecule has 0 saturated heterocycles. The SMILES string of the molecule is NC(=O)CCC(NC(=O)C(Cc1c[nH]c2ccccc12)NC(=O)C(CS)NC(=O)C(N)Cc1ccc(O)cc1)C(=O)O. The maximum Gasteiger partial charge on any atom is 0.326 e. The third-order valence-electron chi connectivity index (χ3n) is 6.57. The molecule has 14 heteroatoms. The molecular formula is C28H34N6O7S. The molecule has 1 aromatic heterocycles. The molecule has 4 unspecified atom stereocenters. The quantitative estimate of drug-likeness (QED) is 0.105. The summed E-state index contributed by atoms with van der Waals surface area (Å²) in [6.45, 7) is 0. The van der Waals surface area contributed by atoms with E-state index in [1.807, 2.05) is 24.3 Å². The third-order valence-corrected chi connectivity index (χ3v) is 6.94. The van der Waals surface area contributed by atoms with Crippen molar-refractivity contribution in [3.8, 4) is 5.75 Å². The molecule has 0 bridgehead atoms. The molecule has 3 rings (SSSR count). The first-order valence-corrected chi connectivity index (χ1v) is 13.7. The Morgan fingerprint density at radius 3 is 2.12 bits per heavy atom. The number of fused-ring (bicyclic) bond motifs is 1. The van der Waals surface area contributed by atoms with Crippen molar-refractivity contribution in [3.05, 3.63) is 65.9 Å². The molecule has 10 N–H and O–H groups in total. The molecule has 0 aliphatic carbocycles. The van der Waals surface area contributed by atoms with Gasteiger partial charge >= 0.3 is 5.97 Å². The van der Waals surface area contributed by atoms with Gasteiger partial charge in [0.15, 0.2) is 0 Å². The second-order valence-corrected chi connectivity index (χ2v) is 10.1. The highest BCUT2D eigenvalue weighted by Gasteiger charge is 2.30. The Labute approximate surface area is 246 Å². The van der Waals surface area contributed by atoms with Gasteiger partial charge in [0.2, 0.25) is 23.6 Å². The lowest BCUT2D eigenvalue weighted by atomic mass is 10.0. The van der Waals surface area contributed by atoms with E-state index in [1.54, 1.807) is 18.3 Å². The summed E-state index contributed by atoms with van der Waals surface area (Å²) in [6.07, 6.45) is 1.30. The minimum absolute atomic E-state index is 0.0165. The maximum atomic E-state index is 13.3. The molecule has 0 saturated carbocycles. The number of benzene rings is 2. The number of nitrogens with one attached hydrogen (secondary N) is 4. The van der Waals surface area contributed by atoms with Crippen LogP contribution in [0, 0.1) is 0 Å². The summed E-state index contributed by atoms with van der Waals surface area (Å²) in [5, 5.41) is 27.3. The van der Waals surface area contributed by atoms with Crippen molar-refractivity contribution in [1.82, 2.24) is 20.9 Å². The number of phenolic OH excluding ortho intramolecular Hbond substituents is 1. The number of hydrogen-bond acceptors (Lipinski definition) is 8.